The van der Waals surface area contributed by atoms with E-state index in [0.717, 1.165) is 35.4 Å². The summed E-state index contributed by atoms with van der Waals surface area (Å²) in [6.07, 6.45) is 5.21. The van der Waals surface area contributed by atoms with Crippen LogP contribution in [0.5, 0.6) is 5.75 Å². The van der Waals surface area contributed by atoms with E-state index in [-0.39, 0.29) is 6.09 Å². The molecule has 0 N–H and O–H groups in total. The average molecular weight is 410 g/mol. The van der Waals surface area contributed by atoms with Gasteiger partial charge in [0.1, 0.15) is 11.6 Å². The van der Waals surface area contributed by atoms with E-state index in [1.54, 1.807) is 29.1 Å². The zero-order valence-electron chi connectivity index (χ0n) is 16.3. The standard InChI is InChI=1S/C21H23N5O2S/c1-24-11-10-23-20(24)29-16-17-5-7-18(8-6-17)28-21(27)26-14-12-25(13-15-26)19-4-2-3-9-22-19/h2-11H,12-16H2,1H3. The molecule has 1 saturated heterocycles. The zero-order valence-corrected chi connectivity index (χ0v) is 17.1. The van der Waals surface area contributed by atoms with Crippen LogP contribution in [0, 0.1) is 0 Å². The lowest BCUT2D eigenvalue weighted by Crippen LogP contribution is -2.49. The van der Waals surface area contributed by atoms with Crippen LogP contribution in [0.1, 0.15) is 5.56 Å². The number of ether oxygens (including phenoxy) is 1. The summed E-state index contributed by atoms with van der Waals surface area (Å²) in [7, 11) is 1.98. The Hall–Kier alpha value is -3.00. The quantitative estimate of drug-likeness (QED) is 0.602. The second-order valence-electron chi connectivity index (χ2n) is 6.78. The molecule has 7 nitrogen and oxygen atoms in total. The van der Waals surface area contributed by atoms with Crippen LogP contribution in [0.4, 0.5) is 10.6 Å². The minimum absolute atomic E-state index is 0.305. The first kappa shape index (κ1) is 19.3. The number of pyridine rings is 1. The fraction of sp³-hybridized carbons (Fsp3) is 0.286. The third-order valence-electron chi connectivity index (χ3n) is 4.78. The van der Waals surface area contributed by atoms with E-state index in [1.807, 2.05) is 60.3 Å². The summed E-state index contributed by atoms with van der Waals surface area (Å²) >= 11 is 1.67. The third kappa shape index (κ3) is 4.89. The minimum atomic E-state index is -0.305. The van der Waals surface area contributed by atoms with Crippen LogP contribution in [0.15, 0.2) is 66.2 Å². The predicted octanol–water partition coefficient (Wildman–Crippen LogP) is 3.43. The predicted molar refractivity (Wildman–Crippen MR) is 113 cm³/mol. The highest BCUT2D eigenvalue weighted by Gasteiger charge is 2.23. The van der Waals surface area contributed by atoms with Crippen molar-refractivity contribution in [2.45, 2.75) is 10.9 Å². The maximum Gasteiger partial charge on any atom is 0.415 e. The second-order valence-corrected chi connectivity index (χ2v) is 7.73. The van der Waals surface area contributed by atoms with Crippen LogP contribution in [0.3, 0.4) is 0 Å². The van der Waals surface area contributed by atoms with Crippen molar-refractivity contribution in [1.82, 2.24) is 19.4 Å². The van der Waals surface area contributed by atoms with Gasteiger partial charge in [-0.2, -0.15) is 0 Å². The molecule has 1 aliphatic rings. The van der Waals surface area contributed by atoms with Gasteiger partial charge >= 0.3 is 6.09 Å². The molecule has 1 aromatic carbocycles. The van der Waals surface area contributed by atoms with Gasteiger partial charge < -0.3 is 19.1 Å². The lowest BCUT2D eigenvalue weighted by atomic mass is 10.2. The number of anilines is 1. The Balaban J connectivity index is 1.26. The first-order valence-corrected chi connectivity index (χ1v) is 10.5. The Labute approximate surface area is 174 Å². The number of rotatable bonds is 5. The van der Waals surface area contributed by atoms with Crippen LogP contribution in [0.25, 0.3) is 0 Å². The van der Waals surface area contributed by atoms with Crippen LogP contribution < -0.4 is 9.64 Å². The third-order valence-corrected chi connectivity index (χ3v) is 5.91. The summed E-state index contributed by atoms with van der Waals surface area (Å²) in [4.78, 5) is 25.1. The smallest absolute Gasteiger partial charge is 0.410 e. The average Bonchev–Trinajstić information content (AvgIpc) is 3.18. The van der Waals surface area contributed by atoms with Crippen LogP contribution in [-0.4, -0.2) is 51.7 Å². The molecular weight excluding hydrogens is 386 g/mol. The van der Waals surface area contributed by atoms with Gasteiger partial charge in [-0.05, 0) is 29.8 Å². The van der Waals surface area contributed by atoms with E-state index in [2.05, 4.69) is 14.9 Å². The number of carbonyl (C=O) groups is 1. The minimum Gasteiger partial charge on any atom is -0.410 e. The molecule has 0 saturated carbocycles. The van der Waals surface area contributed by atoms with Gasteiger partial charge in [0.15, 0.2) is 5.16 Å². The van der Waals surface area contributed by atoms with Gasteiger partial charge in [-0.3, -0.25) is 0 Å². The fourth-order valence-corrected chi connectivity index (χ4v) is 4.01. The fourth-order valence-electron chi connectivity index (χ4n) is 3.12. The number of hydrogen-bond acceptors (Lipinski definition) is 6. The van der Waals surface area contributed by atoms with Crippen molar-refractivity contribution in [2.24, 2.45) is 7.05 Å². The molecule has 0 aliphatic carbocycles. The molecule has 4 rings (SSSR count). The number of piperazine rings is 1. The summed E-state index contributed by atoms with van der Waals surface area (Å²) in [5, 5.41) is 0.977. The number of imidazole rings is 1. The molecule has 0 bridgehead atoms. The molecular formula is C21H23N5O2S. The highest BCUT2D eigenvalue weighted by Crippen LogP contribution is 2.22. The zero-order chi connectivity index (χ0) is 20.1. The molecule has 0 spiro atoms. The second kappa shape index (κ2) is 9.00. The Morgan fingerprint density at radius 3 is 2.48 bits per heavy atom. The highest BCUT2D eigenvalue weighted by molar-refractivity contribution is 7.98. The molecule has 3 aromatic rings. The van der Waals surface area contributed by atoms with E-state index < -0.39 is 0 Å². The van der Waals surface area contributed by atoms with E-state index in [9.17, 15) is 4.79 Å². The number of carbonyl (C=O) groups excluding carboxylic acids is 1. The maximum absolute atomic E-state index is 12.5. The lowest BCUT2D eigenvalue weighted by Gasteiger charge is -2.34. The van der Waals surface area contributed by atoms with Crippen molar-refractivity contribution in [3.63, 3.8) is 0 Å². The number of nitrogens with zero attached hydrogens (tertiary/aromatic N) is 5. The normalized spacial score (nSPS) is 14.1. The Morgan fingerprint density at radius 2 is 1.83 bits per heavy atom. The SMILES string of the molecule is Cn1ccnc1SCc1ccc(OC(=O)N2CCN(c3ccccn3)CC2)cc1. The highest BCUT2D eigenvalue weighted by atomic mass is 32.2. The molecule has 0 atom stereocenters. The summed E-state index contributed by atoms with van der Waals surface area (Å²) in [6, 6.07) is 13.5. The first-order valence-electron chi connectivity index (χ1n) is 9.51. The number of amides is 1. The van der Waals surface area contributed by atoms with E-state index in [1.165, 1.54) is 0 Å². The lowest BCUT2D eigenvalue weighted by molar-refractivity contribution is 0.149. The number of aromatic nitrogens is 3. The Kier molecular flexibility index (Phi) is 6.00. The van der Waals surface area contributed by atoms with Gasteiger partial charge in [-0.1, -0.05) is 30.0 Å². The topological polar surface area (TPSA) is 63.5 Å². The molecule has 1 aliphatic heterocycles. The van der Waals surface area contributed by atoms with Gasteiger partial charge in [0.2, 0.25) is 0 Å². The molecule has 29 heavy (non-hydrogen) atoms. The van der Waals surface area contributed by atoms with E-state index >= 15 is 0 Å². The molecule has 3 heterocycles. The molecule has 0 unspecified atom stereocenters. The molecule has 8 heteroatoms. The number of aryl methyl sites for hydroxylation is 1. The molecule has 0 radical (unpaired) electrons. The molecule has 1 amide bonds. The van der Waals surface area contributed by atoms with E-state index in [0.29, 0.717) is 18.8 Å². The van der Waals surface area contributed by atoms with Gasteiger partial charge in [0, 0.05) is 57.6 Å². The number of benzene rings is 1. The van der Waals surface area contributed by atoms with Gasteiger partial charge in [-0.15, -0.1) is 0 Å². The Morgan fingerprint density at radius 1 is 1.03 bits per heavy atom. The first-order chi connectivity index (χ1) is 14.2. The largest absolute Gasteiger partial charge is 0.415 e. The van der Waals surface area contributed by atoms with Gasteiger partial charge in [0.05, 0.1) is 0 Å². The molecule has 150 valence electrons. The van der Waals surface area contributed by atoms with Crippen molar-refractivity contribution in [1.29, 1.82) is 0 Å². The van der Waals surface area contributed by atoms with Crippen LogP contribution in [0.2, 0.25) is 0 Å². The summed E-state index contributed by atoms with van der Waals surface area (Å²) < 4.78 is 7.54. The summed E-state index contributed by atoms with van der Waals surface area (Å²) in [5.74, 6) is 2.32. The molecule has 1 fully saturated rings. The van der Waals surface area contributed by atoms with Gasteiger partial charge in [0.25, 0.3) is 0 Å². The van der Waals surface area contributed by atoms with Gasteiger partial charge in [-0.25, -0.2) is 14.8 Å². The monoisotopic (exact) mass is 409 g/mol. The number of hydrogen-bond donors (Lipinski definition) is 0. The van der Waals surface area contributed by atoms with Crippen molar-refractivity contribution in [3.05, 3.63) is 66.6 Å². The van der Waals surface area contributed by atoms with Crippen molar-refractivity contribution in [3.8, 4) is 5.75 Å². The van der Waals surface area contributed by atoms with Crippen LogP contribution in [-0.2, 0) is 12.8 Å². The summed E-state index contributed by atoms with van der Waals surface area (Å²) in [5.41, 5.74) is 1.15. The van der Waals surface area contributed by atoms with E-state index in [4.69, 9.17) is 4.74 Å². The van der Waals surface area contributed by atoms with Crippen molar-refractivity contribution < 1.29 is 9.53 Å². The molecule has 2 aromatic heterocycles. The van der Waals surface area contributed by atoms with Crippen molar-refractivity contribution in [2.75, 3.05) is 31.1 Å². The Bertz CT molecular complexity index is 937. The van der Waals surface area contributed by atoms with Crippen LogP contribution >= 0.6 is 11.8 Å². The number of thioether (sulfide) groups is 1. The summed E-state index contributed by atoms with van der Waals surface area (Å²) in [6.45, 7) is 2.73. The maximum atomic E-state index is 12.5. The van der Waals surface area contributed by atoms with Crippen molar-refractivity contribution >= 4 is 23.7 Å².